The molecule has 3 aliphatic rings. The summed E-state index contributed by atoms with van der Waals surface area (Å²) in [4.78, 5) is 16.9. The van der Waals surface area contributed by atoms with Crippen LogP contribution in [0.5, 0.6) is 5.88 Å². The van der Waals surface area contributed by atoms with E-state index in [1.807, 2.05) is 13.0 Å². The van der Waals surface area contributed by atoms with E-state index in [4.69, 9.17) is 36.8 Å². The lowest BCUT2D eigenvalue weighted by molar-refractivity contribution is 0.0973. The first-order valence-electron chi connectivity index (χ1n) is 11.5. The van der Waals surface area contributed by atoms with Gasteiger partial charge in [0.15, 0.2) is 5.82 Å². The number of halogens is 1. The van der Waals surface area contributed by atoms with Crippen molar-refractivity contribution >= 4 is 29.2 Å². The fraction of sp³-hybridized carbons (Fsp3) is 0.609. The molecule has 33 heavy (non-hydrogen) atoms. The number of aryl methyl sites for hydroxylation is 1. The predicted molar refractivity (Wildman–Crippen MR) is 127 cm³/mol. The maximum absolute atomic E-state index is 10.1. The Kier molecular flexibility index (Phi) is 6.43. The van der Waals surface area contributed by atoms with E-state index in [2.05, 4.69) is 16.8 Å². The van der Waals surface area contributed by atoms with E-state index >= 15 is 0 Å². The van der Waals surface area contributed by atoms with Gasteiger partial charge in [-0.15, -0.1) is 0 Å². The van der Waals surface area contributed by atoms with E-state index < -0.39 is 0 Å². The van der Waals surface area contributed by atoms with Crippen LogP contribution in [-0.2, 0) is 11.3 Å². The second-order valence-electron chi connectivity index (χ2n) is 9.28. The second-order valence-corrected chi connectivity index (χ2v) is 10.7. The van der Waals surface area contributed by atoms with Gasteiger partial charge in [-0.3, -0.25) is 0 Å². The molecule has 0 amide bonds. The zero-order valence-corrected chi connectivity index (χ0v) is 20.5. The minimum Gasteiger partial charge on any atom is -0.473 e. The number of aliphatic hydroxyl groups is 1. The number of pyridine rings is 1. The van der Waals surface area contributed by atoms with Crippen LogP contribution in [0.2, 0.25) is 5.02 Å². The number of piperidine rings is 1. The Morgan fingerprint density at radius 2 is 2.09 bits per heavy atom. The van der Waals surface area contributed by atoms with Crippen LogP contribution in [0.3, 0.4) is 0 Å². The van der Waals surface area contributed by atoms with Crippen molar-refractivity contribution in [2.75, 3.05) is 24.6 Å². The highest BCUT2D eigenvalue weighted by molar-refractivity contribution is 7.99. The summed E-state index contributed by atoms with van der Waals surface area (Å²) in [5, 5.41) is 11.3. The lowest BCUT2D eigenvalue weighted by Gasteiger charge is -2.42. The molecule has 0 radical (unpaired) electrons. The van der Waals surface area contributed by atoms with Crippen LogP contribution in [0.4, 0.5) is 5.82 Å². The molecule has 4 heterocycles. The molecule has 0 unspecified atom stereocenters. The maximum atomic E-state index is 10.1. The number of nitrogens with zero attached hydrogens (tertiary/aromatic N) is 4. The summed E-state index contributed by atoms with van der Waals surface area (Å²) in [7, 11) is 0. The molecule has 2 aromatic heterocycles. The first-order valence-corrected chi connectivity index (χ1v) is 12.7. The van der Waals surface area contributed by atoms with Crippen molar-refractivity contribution < 1.29 is 14.6 Å². The third-order valence-electron chi connectivity index (χ3n) is 6.96. The monoisotopic (exact) mass is 491 g/mol. The minimum atomic E-state index is -0.183. The highest BCUT2D eigenvalue weighted by atomic mass is 35.5. The molecule has 3 N–H and O–H groups in total. The lowest BCUT2D eigenvalue weighted by Crippen LogP contribution is -2.51. The third-order valence-corrected chi connectivity index (χ3v) is 8.58. The van der Waals surface area contributed by atoms with Gasteiger partial charge in [-0.05, 0) is 45.6 Å². The Hall–Kier alpha value is -1.65. The van der Waals surface area contributed by atoms with Crippen LogP contribution in [0.1, 0.15) is 44.0 Å². The first-order chi connectivity index (χ1) is 15.9. The van der Waals surface area contributed by atoms with E-state index in [0.717, 1.165) is 61.8 Å². The van der Waals surface area contributed by atoms with Crippen molar-refractivity contribution in [3.8, 4) is 5.88 Å². The second kappa shape index (κ2) is 9.19. The standard InChI is InChI=1S/C23H30ClN5O3S/c1-13-22(33-17-5-8-26-21(18(17)24)32-15-3-4-15)28-16(11-30)20(27-13)29-9-6-23(7-10-29)12-31-14(2)19(23)25/h5,8,14-15,19,30H,3-4,6-7,9-12,25H2,1-2H3/t14-,19+/m0/s1. The average molecular weight is 492 g/mol. The number of hydrogen-bond acceptors (Lipinski definition) is 9. The molecule has 3 fully saturated rings. The molecule has 8 nitrogen and oxygen atoms in total. The predicted octanol–water partition coefficient (Wildman–Crippen LogP) is 3.35. The zero-order chi connectivity index (χ0) is 23.2. The van der Waals surface area contributed by atoms with Gasteiger partial charge < -0.3 is 25.2 Å². The van der Waals surface area contributed by atoms with E-state index in [1.165, 1.54) is 11.8 Å². The number of hydrogen-bond donors (Lipinski definition) is 2. The smallest absolute Gasteiger partial charge is 0.234 e. The molecule has 178 valence electrons. The molecular formula is C23H30ClN5O3S. The number of anilines is 1. The van der Waals surface area contributed by atoms with Crippen LogP contribution in [0, 0.1) is 12.3 Å². The van der Waals surface area contributed by atoms with Gasteiger partial charge in [0, 0.05) is 35.6 Å². The molecule has 1 aliphatic carbocycles. The van der Waals surface area contributed by atoms with E-state index in [0.29, 0.717) is 21.6 Å². The fourth-order valence-electron chi connectivity index (χ4n) is 4.63. The molecule has 2 saturated heterocycles. The molecule has 0 aromatic carbocycles. The van der Waals surface area contributed by atoms with Gasteiger partial charge in [0.1, 0.15) is 21.8 Å². The maximum Gasteiger partial charge on any atom is 0.234 e. The molecule has 2 aliphatic heterocycles. The Morgan fingerprint density at radius 1 is 1.33 bits per heavy atom. The molecule has 2 aromatic rings. The molecule has 1 spiro atoms. The summed E-state index contributed by atoms with van der Waals surface area (Å²) in [5.41, 5.74) is 7.85. The molecule has 0 bridgehead atoms. The Bertz CT molecular complexity index is 1030. The normalized spacial score (nSPS) is 24.5. The molecule has 2 atom stereocenters. The number of aromatic nitrogens is 3. The van der Waals surface area contributed by atoms with Crippen molar-refractivity contribution in [3.63, 3.8) is 0 Å². The Balaban J connectivity index is 1.34. The van der Waals surface area contributed by atoms with Gasteiger partial charge >= 0.3 is 0 Å². The average Bonchev–Trinajstić information content (AvgIpc) is 3.60. The summed E-state index contributed by atoms with van der Waals surface area (Å²) in [6.45, 7) is 6.15. The van der Waals surface area contributed by atoms with Crippen LogP contribution in [0.15, 0.2) is 22.2 Å². The van der Waals surface area contributed by atoms with Crippen LogP contribution >= 0.6 is 23.4 Å². The van der Waals surface area contributed by atoms with Gasteiger partial charge in [-0.1, -0.05) is 23.4 Å². The SMILES string of the molecule is Cc1nc(N2CCC3(CC2)CO[C@@H](C)[C@H]3N)c(CO)nc1Sc1ccnc(OC2CC2)c1Cl. The number of rotatable bonds is 6. The Labute approximate surface area is 203 Å². The lowest BCUT2D eigenvalue weighted by atomic mass is 9.73. The summed E-state index contributed by atoms with van der Waals surface area (Å²) in [6.07, 6.45) is 5.96. The topological polar surface area (TPSA) is 107 Å². The van der Waals surface area contributed by atoms with Crippen LogP contribution in [0.25, 0.3) is 0 Å². The number of aliphatic hydroxyl groups excluding tert-OH is 1. The highest BCUT2D eigenvalue weighted by Gasteiger charge is 2.47. The van der Waals surface area contributed by atoms with Crippen molar-refractivity contribution in [2.24, 2.45) is 11.1 Å². The number of nitrogens with two attached hydrogens (primary N) is 1. The van der Waals surface area contributed by atoms with Crippen molar-refractivity contribution in [3.05, 3.63) is 28.7 Å². The highest BCUT2D eigenvalue weighted by Crippen LogP contribution is 2.43. The number of ether oxygens (including phenoxy) is 2. The minimum absolute atomic E-state index is 0.0336. The van der Waals surface area contributed by atoms with E-state index in [9.17, 15) is 5.11 Å². The molecule has 1 saturated carbocycles. The summed E-state index contributed by atoms with van der Waals surface area (Å²) in [6, 6.07) is 1.90. The fourth-order valence-corrected chi connectivity index (χ4v) is 5.77. The van der Waals surface area contributed by atoms with Gasteiger partial charge in [-0.2, -0.15) is 0 Å². The largest absolute Gasteiger partial charge is 0.473 e. The van der Waals surface area contributed by atoms with Crippen molar-refractivity contribution in [1.82, 2.24) is 15.0 Å². The van der Waals surface area contributed by atoms with Gasteiger partial charge in [0.25, 0.3) is 0 Å². The van der Waals surface area contributed by atoms with Crippen molar-refractivity contribution in [2.45, 2.75) is 74.3 Å². The molecule has 5 rings (SSSR count). The zero-order valence-electron chi connectivity index (χ0n) is 19.0. The van der Waals surface area contributed by atoms with Gasteiger partial charge in [0.05, 0.1) is 25.0 Å². The first kappa shape index (κ1) is 23.1. The van der Waals surface area contributed by atoms with Crippen LogP contribution < -0.4 is 15.4 Å². The van der Waals surface area contributed by atoms with E-state index in [1.54, 1.807) is 6.20 Å². The van der Waals surface area contributed by atoms with Gasteiger partial charge in [-0.25, -0.2) is 15.0 Å². The summed E-state index contributed by atoms with van der Waals surface area (Å²) >= 11 is 7.97. The molecular weight excluding hydrogens is 462 g/mol. The van der Waals surface area contributed by atoms with Gasteiger partial charge in [0.2, 0.25) is 5.88 Å². The van der Waals surface area contributed by atoms with Crippen LogP contribution in [-0.4, -0.2) is 58.0 Å². The quantitative estimate of drug-likeness (QED) is 0.628. The third kappa shape index (κ3) is 4.53. The Morgan fingerprint density at radius 3 is 2.73 bits per heavy atom. The summed E-state index contributed by atoms with van der Waals surface area (Å²) < 4.78 is 11.6. The van der Waals surface area contributed by atoms with Crippen molar-refractivity contribution in [1.29, 1.82) is 0 Å². The van der Waals surface area contributed by atoms with E-state index in [-0.39, 0.29) is 30.3 Å². The summed E-state index contributed by atoms with van der Waals surface area (Å²) in [5.74, 6) is 1.20. The molecule has 10 heteroatoms.